The fraction of sp³-hybridized carbons (Fsp3) is 0.640. The van der Waals surface area contributed by atoms with Crippen LogP contribution in [0, 0.1) is 11.8 Å². The third kappa shape index (κ3) is 5.20. The molecule has 2 aliphatic carbocycles. The Kier molecular flexibility index (Phi) is 7.37. The van der Waals surface area contributed by atoms with E-state index in [-0.39, 0.29) is 11.9 Å². The first-order valence-electron chi connectivity index (χ1n) is 11.6. The topological polar surface area (TPSA) is 38.8 Å². The Balaban J connectivity index is 1.27. The Labute approximate surface area is 185 Å². The molecular weight excluding hydrogens is 398 g/mol. The molecule has 1 aliphatic heterocycles. The second kappa shape index (κ2) is 10.2. The molecule has 0 amide bonds. The van der Waals surface area contributed by atoms with Gasteiger partial charge in [0.2, 0.25) is 0 Å². The Morgan fingerprint density at radius 1 is 1.17 bits per heavy atom. The molecule has 5 heteroatoms. The summed E-state index contributed by atoms with van der Waals surface area (Å²) in [6.45, 7) is 3.17. The summed E-state index contributed by atoms with van der Waals surface area (Å²) in [6.07, 6.45) is 11.5. The lowest BCUT2D eigenvalue weighted by Gasteiger charge is -2.38. The van der Waals surface area contributed by atoms with Crippen molar-refractivity contribution in [1.29, 1.82) is 0 Å². The van der Waals surface area contributed by atoms with Crippen LogP contribution in [-0.4, -0.2) is 44.2 Å². The van der Waals surface area contributed by atoms with Crippen LogP contribution in [-0.2, 0) is 16.0 Å². The lowest BCUT2D eigenvalue weighted by atomic mass is 9.86. The van der Waals surface area contributed by atoms with E-state index in [1.807, 2.05) is 0 Å². The van der Waals surface area contributed by atoms with E-state index in [1.165, 1.54) is 56.8 Å². The van der Waals surface area contributed by atoms with Crippen LogP contribution in [0.2, 0.25) is 0 Å². The standard InChI is InChI=1S/C25H34ClNO3/c1-29-25(28)21-16-27(17-21)15-20-10-9-19-14-22(11-12-23(19)24(20)26)30-13-5-8-18-6-3-2-4-7-18/h11-12,14,18,21H,2-10,13,15-17H2,1H3. The van der Waals surface area contributed by atoms with E-state index >= 15 is 0 Å². The van der Waals surface area contributed by atoms with Gasteiger partial charge in [0.05, 0.1) is 19.6 Å². The molecular formula is C25H34ClNO3. The van der Waals surface area contributed by atoms with Gasteiger partial charge in [-0.25, -0.2) is 0 Å². The zero-order valence-electron chi connectivity index (χ0n) is 18.1. The van der Waals surface area contributed by atoms with Gasteiger partial charge < -0.3 is 9.47 Å². The number of carbonyl (C=O) groups excluding carboxylic acids is 1. The molecule has 2 fully saturated rings. The smallest absolute Gasteiger partial charge is 0.311 e. The molecule has 4 rings (SSSR count). The monoisotopic (exact) mass is 431 g/mol. The average Bonchev–Trinajstić information content (AvgIpc) is 2.75. The normalized spacial score (nSPS) is 20.6. The van der Waals surface area contributed by atoms with Crippen molar-refractivity contribution < 1.29 is 14.3 Å². The second-order valence-corrected chi connectivity index (χ2v) is 9.52. The van der Waals surface area contributed by atoms with Crippen LogP contribution in [0.3, 0.4) is 0 Å². The van der Waals surface area contributed by atoms with Crippen molar-refractivity contribution in [3.8, 4) is 5.75 Å². The zero-order chi connectivity index (χ0) is 20.9. The van der Waals surface area contributed by atoms with Gasteiger partial charge in [0.25, 0.3) is 0 Å². The van der Waals surface area contributed by atoms with E-state index in [0.29, 0.717) is 0 Å². The third-order valence-corrected chi connectivity index (χ3v) is 7.45. The molecule has 0 aromatic heterocycles. The van der Waals surface area contributed by atoms with Gasteiger partial charge in [-0.3, -0.25) is 9.69 Å². The van der Waals surface area contributed by atoms with Crippen molar-refractivity contribution in [1.82, 2.24) is 4.90 Å². The van der Waals surface area contributed by atoms with Crippen molar-refractivity contribution in [2.45, 2.75) is 57.8 Å². The van der Waals surface area contributed by atoms with Crippen LogP contribution in [0.25, 0.3) is 5.03 Å². The van der Waals surface area contributed by atoms with Crippen molar-refractivity contribution in [3.63, 3.8) is 0 Å². The van der Waals surface area contributed by atoms with Crippen LogP contribution in [0.15, 0.2) is 23.8 Å². The van der Waals surface area contributed by atoms with Gasteiger partial charge in [-0.05, 0) is 66.5 Å². The maximum Gasteiger partial charge on any atom is 0.311 e. The number of esters is 1. The number of benzene rings is 1. The van der Waals surface area contributed by atoms with Crippen molar-refractivity contribution in [3.05, 3.63) is 34.9 Å². The predicted molar refractivity (Wildman–Crippen MR) is 121 cm³/mol. The van der Waals surface area contributed by atoms with E-state index in [4.69, 9.17) is 21.1 Å². The lowest BCUT2D eigenvalue weighted by molar-refractivity contribution is -0.151. The summed E-state index contributed by atoms with van der Waals surface area (Å²) in [5.74, 6) is 1.80. The van der Waals surface area contributed by atoms with Gasteiger partial charge in [-0.15, -0.1) is 0 Å². The number of hydrogen-bond donors (Lipinski definition) is 0. The molecule has 0 atom stereocenters. The summed E-state index contributed by atoms with van der Waals surface area (Å²) in [6, 6.07) is 6.34. The molecule has 1 saturated heterocycles. The predicted octanol–water partition coefficient (Wildman–Crippen LogP) is 5.43. The minimum Gasteiger partial charge on any atom is -0.494 e. The molecule has 1 aromatic carbocycles. The van der Waals surface area contributed by atoms with Gasteiger partial charge in [0.15, 0.2) is 0 Å². The molecule has 0 radical (unpaired) electrons. The van der Waals surface area contributed by atoms with Gasteiger partial charge in [0.1, 0.15) is 5.75 Å². The highest BCUT2D eigenvalue weighted by molar-refractivity contribution is 6.49. The van der Waals surface area contributed by atoms with E-state index in [0.717, 1.165) is 67.8 Å². The molecule has 0 bridgehead atoms. The second-order valence-electron chi connectivity index (χ2n) is 9.15. The number of nitrogens with zero attached hydrogens (tertiary/aromatic N) is 1. The summed E-state index contributed by atoms with van der Waals surface area (Å²) in [5, 5.41) is 0.876. The summed E-state index contributed by atoms with van der Waals surface area (Å²) in [5.41, 5.74) is 3.69. The molecule has 0 N–H and O–H groups in total. The SMILES string of the molecule is COC(=O)C1CN(CC2=C(Cl)c3ccc(OCCCC4CCCCC4)cc3CC2)C1. The number of ether oxygens (including phenoxy) is 2. The van der Waals surface area contributed by atoms with Crippen LogP contribution in [0.1, 0.15) is 62.5 Å². The van der Waals surface area contributed by atoms with E-state index < -0.39 is 0 Å². The number of rotatable bonds is 8. The number of carbonyl (C=O) groups is 1. The number of methoxy groups -OCH3 is 1. The summed E-state index contributed by atoms with van der Waals surface area (Å²) in [7, 11) is 1.46. The van der Waals surface area contributed by atoms with Crippen LogP contribution in [0.4, 0.5) is 0 Å². The van der Waals surface area contributed by atoms with Gasteiger partial charge in [-0.1, -0.05) is 43.7 Å². The average molecular weight is 432 g/mol. The summed E-state index contributed by atoms with van der Waals surface area (Å²) >= 11 is 6.75. The Morgan fingerprint density at radius 2 is 1.97 bits per heavy atom. The molecule has 1 saturated carbocycles. The highest BCUT2D eigenvalue weighted by Gasteiger charge is 2.34. The first-order chi connectivity index (χ1) is 14.6. The van der Waals surface area contributed by atoms with Crippen LogP contribution in [0.5, 0.6) is 5.75 Å². The Bertz CT molecular complexity index is 779. The maximum atomic E-state index is 11.6. The number of hydrogen-bond acceptors (Lipinski definition) is 4. The van der Waals surface area contributed by atoms with Crippen molar-refractivity contribution in [2.24, 2.45) is 11.8 Å². The van der Waals surface area contributed by atoms with Gasteiger partial charge in [0, 0.05) is 24.7 Å². The molecule has 0 unspecified atom stereocenters. The Morgan fingerprint density at radius 3 is 2.73 bits per heavy atom. The molecule has 3 aliphatic rings. The fourth-order valence-corrected chi connectivity index (χ4v) is 5.48. The highest BCUT2D eigenvalue weighted by atomic mass is 35.5. The van der Waals surface area contributed by atoms with Gasteiger partial charge in [-0.2, -0.15) is 0 Å². The van der Waals surface area contributed by atoms with Crippen LogP contribution < -0.4 is 4.74 Å². The van der Waals surface area contributed by atoms with Crippen molar-refractivity contribution in [2.75, 3.05) is 33.4 Å². The third-order valence-electron chi connectivity index (χ3n) is 6.98. The highest BCUT2D eigenvalue weighted by Crippen LogP contribution is 2.37. The van der Waals surface area contributed by atoms with Crippen LogP contribution >= 0.6 is 11.6 Å². The van der Waals surface area contributed by atoms with E-state index in [9.17, 15) is 4.79 Å². The van der Waals surface area contributed by atoms with E-state index in [1.54, 1.807) is 0 Å². The number of likely N-dealkylation sites (tertiary alicyclic amines) is 1. The van der Waals surface area contributed by atoms with E-state index in [2.05, 4.69) is 23.1 Å². The molecule has 164 valence electrons. The minimum atomic E-state index is -0.105. The minimum absolute atomic E-state index is 0.0167. The van der Waals surface area contributed by atoms with Crippen molar-refractivity contribution >= 4 is 22.6 Å². The fourth-order valence-electron chi connectivity index (χ4n) is 5.14. The summed E-state index contributed by atoms with van der Waals surface area (Å²) in [4.78, 5) is 13.8. The first-order valence-corrected chi connectivity index (χ1v) is 12.0. The van der Waals surface area contributed by atoms with Gasteiger partial charge >= 0.3 is 5.97 Å². The lowest BCUT2D eigenvalue weighted by Crippen LogP contribution is -2.51. The zero-order valence-corrected chi connectivity index (χ0v) is 18.9. The number of halogens is 1. The number of fused-ring (bicyclic) bond motifs is 1. The molecule has 4 nitrogen and oxygen atoms in total. The molecule has 1 heterocycles. The number of aryl methyl sites for hydroxylation is 1. The quantitative estimate of drug-likeness (QED) is 0.406. The largest absolute Gasteiger partial charge is 0.494 e. The Hall–Kier alpha value is -1.52. The first kappa shape index (κ1) is 21.7. The molecule has 1 aromatic rings. The molecule has 30 heavy (non-hydrogen) atoms. The summed E-state index contributed by atoms with van der Waals surface area (Å²) < 4.78 is 10.9. The maximum absolute atomic E-state index is 11.6. The molecule has 0 spiro atoms.